The number of hydrogen-bond donors (Lipinski definition) is 3. The predicted octanol–water partition coefficient (Wildman–Crippen LogP) is -2.69. The number of aliphatic hydroxyl groups excluding tert-OH is 1. The Kier molecular flexibility index (Phi) is 6.54. The number of hydrogen-bond acceptors (Lipinski definition) is 4. The van der Waals surface area contributed by atoms with Crippen LogP contribution in [0.3, 0.4) is 0 Å². The van der Waals surface area contributed by atoms with E-state index in [1.165, 1.54) is 0 Å². The summed E-state index contributed by atoms with van der Waals surface area (Å²) in [6.07, 6.45) is 0.139. The first-order valence-corrected chi connectivity index (χ1v) is 5.96. The second-order valence-electron chi connectivity index (χ2n) is 3.22. The van der Waals surface area contributed by atoms with Gasteiger partial charge >= 0.3 is 29.6 Å². The van der Waals surface area contributed by atoms with Gasteiger partial charge in [-0.05, 0) is 29.7 Å². The van der Waals surface area contributed by atoms with Crippen molar-refractivity contribution in [3.8, 4) is 0 Å². The molecule has 0 aliphatic heterocycles. The fourth-order valence-corrected chi connectivity index (χ4v) is 1.75. The second-order valence-corrected chi connectivity index (χ2v) is 4.79. The van der Waals surface area contributed by atoms with Crippen molar-refractivity contribution < 1.29 is 49.1 Å². The molecule has 0 fully saturated rings. The molecular formula is C9H14NNaO4S. The second kappa shape index (κ2) is 6.58. The van der Waals surface area contributed by atoms with E-state index >= 15 is 0 Å². The number of aryl methyl sites for hydroxylation is 1. The summed E-state index contributed by atoms with van der Waals surface area (Å²) in [5, 5.41) is 8.99. The van der Waals surface area contributed by atoms with E-state index in [1.807, 2.05) is 0 Å². The molecule has 1 aromatic rings. The van der Waals surface area contributed by atoms with Gasteiger partial charge in [0.25, 0.3) is 10.1 Å². The maximum absolute atomic E-state index is 10.6. The van der Waals surface area contributed by atoms with Crippen molar-refractivity contribution in [3.05, 3.63) is 29.3 Å². The minimum atomic E-state index is -3.98. The van der Waals surface area contributed by atoms with Gasteiger partial charge in [-0.15, -0.1) is 0 Å². The number of rotatable bonds is 4. The van der Waals surface area contributed by atoms with E-state index < -0.39 is 10.1 Å². The minimum absolute atomic E-state index is 0. The number of nitrogens with two attached hydrogens (primary N) is 1. The zero-order valence-corrected chi connectivity index (χ0v) is 11.9. The van der Waals surface area contributed by atoms with Crippen molar-refractivity contribution in [3.63, 3.8) is 0 Å². The molecule has 0 saturated carbocycles. The molecule has 5 nitrogen and oxygen atoms in total. The van der Waals surface area contributed by atoms with Gasteiger partial charge in [0.15, 0.2) is 0 Å². The third-order valence-electron chi connectivity index (χ3n) is 2.03. The molecule has 16 heavy (non-hydrogen) atoms. The molecule has 0 aromatic heterocycles. The third kappa shape index (κ3) is 5.29. The molecule has 1 rings (SSSR count). The van der Waals surface area contributed by atoms with E-state index in [-0.39, 0.29) is 49.8 Å². The maximum Gasteiger partial charge on any atom is 1.00 e. The molecule has 0 aliphatic carbocycles. The molecule has 0 aliphatic rings. The first-order valence-electron chi connectivity index (χ1n) is 4.35. The Balaban J connectivity index is 0. The van der Waals surface area contributed by atoms with Crippen LogP contribution in [0, 0.1) is 0 Å². The Morgan fingerprint density at radius 2 is 1.94 bits per heavy atom. The average molecular weight is 255 g/mol. The standard InChI is InChI=1S/C9H13NO4S.Na.H/c10-9-2-1-8(6-11)7(5-9)3-4-15(12,13)14;;/h1-2,5,11H,3-4,6,10H2,(H,12,13,14);;/q;+1;-1. The van der Waals surface area contributed by atoms with Gasteiger partial charge in [-0.2, -0.15) is 8.42 Å². The van der Waals surface area contributed by atoms with Crippen molar-refractivity contribution in [2.75, 3.05) is 11.5 Å². The van der Waals surface area contributed by atoms with Gasteiger partial charge in [0.1, 0.15) is 0 Å². The molecule has 4 N–H and O–H groups in total. The molecule has 1 aromatic carbocycles. The zero-order chi connectivity index (χ0) is 11.5. The summed E-state index contributed by atoms with van der Waals surface area (Å²) in [5.41, 5.74) is 7.28. The third-order valence-corrected chi connectivity index (χ3v) is 2.75. The molecule has 0 spiro atoms. The van der Waals surface area contributed by atoms with Crippen LogP contribution in [0.2, 0.25) is 0 Å². The number of nitrogen functional groups attached to an aromatic ring is 1. The van der Waals surface area contributed by atoms with Gasteiger partial charge in [-0.25, -0.2) is 0 Å². The van der Waals surface area contributed by atoms with Crippen LogP contribution in [-0.4, -0.2) is 23.8 Å². The molecule has 0 amide bonds. The van der Waals surface area contributed by atoms with E-state index in [4.69, 9.17) is 15.4 Å². The SMILES string of the molecule is Nc1ccc(CO)c(CCS(=O)(=O)O)c1.[H-].[Na+]. The van der Waals surface area contributed by atoms with Gasteiger partial charge in [0.2, 0.25) is 0 Å². The van der Waals surface area contributed by atoms with Crippen molar-refractivity contribution in [2.24, 2.45) is 0 Å². The smallest absolute Gasteiger partial charge is 1.00 e. The van der Waals surface area contributed by atoms with Crippen LogP contribution in [0.4, 0.5) is 5.69 Å². The Morgan fingerprint density at radius 1 is 1.31 bits per heavy atom. The van der Waals surface area contributed by atoms with Crippen LogP contribution in [0.25, 0.3) is 0 Å². The first kappa shape index (κ1) is 15.9. The monoisotopic (exact) mass is 255 g/mol. The number of benzene rings is 1. The normalized spacial score (nSPS) is 10.9. The molecule has 0 bridgehead atoms. The van der Waals surface area contributed by atoms with Gasteiger partial charge < -0.3 is 12.3 Å². The van der Waals surface area contributed by atoms with Crippen LogP contribution < -0.4 is 35.3 Å². The molecule has 7 heteroatoms. The van der Waals surface area contributed by atoms with Crippen molar-refractivity contribution >= 4 is 15.8 Å². The van der Waals surface area contributed by atoms with Crippen molar-refractivity contribution in [2.45, 2.75) is 13.0 Å². The number of aliphatic hydroxyl groups is 1. The topological polar surface area (TPSA) is 101 Å². The van der Waals surface area contributed by atoms with Gasteiger partial charge in [-0.3, -0.25) is 4.55 Å². The molecule has 0 atom stereocenters. The fraction of sp³-hybridized carbons (Fsp3) is 0.333. The maximum atomic E-state index is 10.6. The summed E-state index contributed by atoms with van der Waals surface area (Å²) in [5.74, 6) is -0.372. The van der Waals surface area contributed by atoms with E-state index in [2.05, 4.69) is 0 Å². The Hall–Kier alpha value is -0.110. The van der Waals surface area contributed by atoms with Crippen LogP contribution in [0.15, 0.2) is 18.2 Å². The summed E-state index contributed by atoms with van der Waals surface area (Å²) < 4.78 is 29.7. The Labute approximate surface area is 118 Å². The Morgan fingerprint density at radius 3 is 2.44 bits per heavy atom. The molecule has 86 valence electrons. The van der Waals surface area contributed by atoms with Crippen LogP contribution in [-0.2, 0) is 23.1 Å². The zero-order valence-electron chi connectivity index (χ0n) is 10.0. The summed E-state index contributed by atoms with van der Waals surface area (Å²) in [4.78, 5) is 0. The van der Waals surface area contributed by atoms with Crippen LogP contribution >= 0.6 is 0 Å². The van der Waals surface area contributed by atoms with Crippen molar-refractivity contribution in [1.82, 2.24) is 0 Å². The van der Waals surface area contributed by atoms with E-state index in [1.54, 1.807) is 18.2 Å². The minimum Gasteiger partial charge on any atom is -1.00 e. The Bertz CT molecular complexity index is 452. The molecular weight excluding hydrogens is 241 g/mol. The number of anilines is 1. The predicted molar refractivity (Wildman–Crippen MR) is 58.0 cm³/mol. The molecule has 0 saturated heterocycles. The largest absolute Gasteiger partial charge is 1.00 e. The van der Waals surface area contributed by atoms with Crippen molar-refractivity contribution in [1.29, 1.82) is 0 Å². The van der Waals surface area contributed by atoms with Gasteiger partial charge in [-0.1, -0.05) is 6.07 Å². The first-order chi connectivity index (χ1) is 6.92. The van der Waals surface area contributed by atoms with E-state index in [0.29, 0.717) is 16.8 Å². The molecule has 0 unspecified atom stereocenters. The van der Waals surface area contributed by atoms with Crippen LogP contribution in [0.5, 0.6) is 0 Å². The fourth-order valence-electron chi connectivity index (χ4n) is 1.27. The van der Waals surface area contributed by atoms with Crippen LogP contribution in [0.1, 0.15) is 12.6 Å². The quantitative estimate of drug-likeness (QED) is 0.309. The summed E-state index contributed by atoms with van der Waals surface area (Å²) in [6.45, 7) is -0.179. The van der Waals surface area contributed by atoms with Gasteiger partial charge in [0.05, 0.1) is 12.4 Å². The molecule has 0 radical (unpaired) electrons. The molecule has 0 heterocycles. The van der Waals surface area contributed by atoms with E-state index in [0.717, 1.165) is 0 Å². The summed E-state index contributed by atoms with van der Waals surface area (Å²) in [6, 6.07) is 4.86. The van der Waals surface area contributed by atoms with E-state index in [9.17, 15) is 8.42 Å². The summed E-state index contributed by atoms with van der Waals surface area (Å²) >= 11 is 0. The average Bonchev–Trinajstić information content (AvgIpc) is 2.14. The summed E-state index contributed by atoms with van der Waals surface area (Å²) in [7, 11) is -3.98. The van der Waals surface area contributed by atoms with Gasteiger partial charge in [0, 0.05) is 5.69 Å².